The highest BCUT2D eigenvalue weighted by molar-refractivity contribution is 5.85. The molecule has 236 valence electrons. The van der Waals surface area contributed by atoms with Crippen molar-refractivity contribution >= 4 is 24.0 Å². The van der Waals surface area contributed by atoms with E-state index in [0.717, 1.165) is 23.8 Å². The van der Waals surface area contributed by atoms with Crippen LogP contribution in [-0.2, 0) is 31.1 Å². The van der Waals surface area contributed by atoms with Gasteiger partial charge in [-0.2, -0.15) is 13.2 Å². The van der Waals surface area contributed by atoms with Gasteiger partial charge in [-0.3, -0.25) is 4.79 Å². The van der Waals surface area contributed by atoms with Crippen LogP contribution in [0.2, 0.25) is 0 Å². The maximum atomic E-state index is 12.8. The van der Waals surface area contributed by atoms with Gasteiger partial charge >= 0.3 is 24.1 Å². The van der Waals surface area contributed by atoms with E-state index in [0.29, 0.717) is 35.7 Å². The van der Waals surface area contributed by atoms with Crippen molar-refractivity contribution in [3.05, 3.63) is 89.5 Å². The third-order valence-corrected chi connectivity index (χ3v) is 5.81. The lowest BCUT2D eigenvalue weighted by Crippen LogP contribution is -2.50. The first-order valence-corrected chi connectivity index (χ1v) is 12.4. The number of hydrogen-bond acceptors (Lipinski definition) is 8. The first-order chi connectivity index (χ1) is 20.8. The lowest BCUT2D eigenvalue weighted by molar-refractivity contribution is -0.273. The molecule has 44 heavy (non-hydrogen) atoms. The first kappa shape index (κ1) is 35.0. The molecule has 0 aliphatic carbocycles. The van der Waals surface area contributed by atoms with Crippen LogP contribution >= 0.6 is 0 Å². The number of alkyl halides is 3. The average molecular weight is 623 g/mol. The smallest absolute Gasteiger partial charge is 0.432 e. The molecule has 14 heteroatoms. The molecule has 1 aliphatic rings. The molecule has 0 saturated heterocycles. The molecule has 3 aromatic rings. The predicted molar refractivity (Wildman–Crippen MR) is 149 cm³/mol. The van der Waals surface area contributed by atoms with E-state index in [1.807, 2.05) is 0 Å². The van der Waals surface area contributed by atoms with E-state index in [9.17, 15) is 27.6 Å². The quantitative estimate of drug-likeness (QED) is 0.275. The summed E-state index contributed by atoms with van der Waals surface area (Å²) in [6.07, 6.45) is -2.46. The summed E-state index contributed by atoms with van der Waals surface area (Å²) >= 11 is 0. The molecule has 11 nitrogen and oxygen atoms in total. The second kappa shape index (κ2) is 15.8. The van der Waals surface area contributed by atoms with Gasteiger partial charge in [0.15, 0.2) is 23.0 Å². The summed E-state index contributed by atoms with van der Waals surface area (Å²) in [5.74, 6) is -1.43. The fourth-order valence-corrected chi connectivity index (χ4v) is 3.75. The van der Waals surface area contributed by atoms with Crippen molar-refractivity contribution in [1.29, 1.82) is 0 Å². The molecule has 0 radical (unpaired) electrons. The van der Waals surface area contributed by atoms with E-state index in [-0.39, 0.29) is 13.2 Å². The molecule has 0 bridgehead atoms. The third kappa shape index (κ3) is 9.13. The van der Waals surface area contributed by atoms with Crippen LogP contribution in [-0.4, -0.2) is 67.5 Å². The van der Waals surface area contributed by atoms with Crippen LogP contribution in [0.4, 0.5) is 13.2 Å². The summed E-state index contributed by atoms with van der Waals surface area (Å²) in [6, 6.07) is 16.6. The van der Waals surface area contributed by atoms with Gasteiger partial charge in [-0.15, -0.1) is 0 Å². The summed E-state index contributed by atoms with van der Waals surface area (Å²) in [5.41, 5.74) is -2.31. The Hall–Kier alpha value is -5.24. The minimum absolute atomic E-state index is 0.0135. The summed E-state index contributed by atoms with van der Waals surface area (Å²) < 4.78 is 63.0. The number of halogens is 3. The van der Waals surface area contributed by atoms with Crippen LogP contribution in [0.25, 0.3) is 6.08 Å². The van der Waals surface area contributed by atoms with E-state index in [1.165, 1.54) is 38.5 Å². The Bertz CT molecular complexity index is 1460. The number of ether oxygens (including phenoxy) is 5. The van der Waals surface area contributed by atoms with Gasteiger partial charge in [-0.25, -0.2) is 9.59 Å². The summed E-state index contributed by atoms with van der Waals surface area (Å²) in [6.45, 7) is 0.224. The van der Waals surface area contributed by atoms with Gasteiger partial charge in [0.1, 0.15) is 0 Å². The molecule has 1 heterocycles. The Morgan fingerprint density at radius 3 is 2.00 bits per heavy atom. The van der Waals surface area contributed by atoms with Gasteiger partial charge in [0.05, 0.1) is 20.6 Å². The summed E-state index contributed by atoms with van der Waals surface area (Å²) in [7, 11) is 3.77. The average Bonchev–Trinajstić information content (AvgIpc) is 3.45. The minimum atomic E-state index is -5.03. The van der Waals surface area contributed by atoms with E-state index in [1.54, 1.807) is 36.4 Å². The van der Waals surface area contributed by atoms with Crippen LogP contribution in [0.5, 0.6) is 23.0 Å². The molecule has 0 aromatic heterocycles. The van der Waals surface area contributed by atoms with E-state index in [4.69, 9.17) is 34.3 Å². The maximum absolute atomic E-state index is 12.8. The minimum Gasteiger partial charge on any atom is -0.493 e. The van der Waals surface area contributed by atoms with Crippen molar-refractivity contribution in [1.82, 2.24) is 0 Å². The van der Waals surface area contributed by atoms with Crippen LogP contribution in [0.3, 0.4) is 0 Å². The van der Waals surface area contributed by atoms with Gasteiger partial charge in [-0.1, -0.05) is 42.5 Å². The second-order valence-corrected chi connectivity index (χ2v) is 8.60. The highest BCUT2D eigenvalue weighted by Crippen LogP contribution is 2.42. The van der Waals surface area contributed by atoms with Crippen molar-refractivity contribution in [2.24, 2.45) is 0 Å². The van der Waals surface area contributed by atoms with Crippen molar-refractivity contribution in [3.63, 3.8) is 0 Å². The lowest BCUT2D eigenvalue weighted by atomic mass is 9.93. The molecule has 0 amide bonds. The summed E-state index contributed by atoms with van der Waals surface area (Å²) in [5, 5.41) is 25.8. The number of fused-ring (bicyclic) bond motifs is 1. The number of rotatable bonds is 9. The molecule has 1 unspecified atom stereocenters. The van der Waals surface area contributed by atoms with Crippen LogP contribution in [0, 0.1) is 0 Å². The normalized spacial score (nSPS) is 13.0. The highest BCUT2D eigenvalue weighted by atomic mass is 19.4. The first-order valence-electron chi connectivity index (χ1n) is 12.4. The second-order valence-electron chi connectivity index (χ2n) is 8.60. The number of carboxylic acid groups (broad SMARTS) is 3. The zero-order valence-electron chi connectivity index (χ0n) is 23.7. The maximum Gasteiger partial charge on any atom is 0.432 e. The third-order valence-electron chi connectivity index (χ3n) is 5.81. The molecule has 0 spiro atoms. The molecule has 0 fully saturated rings. The monoisotopic (exact) mass is 622 g/mol. The van der Waals surface area contributed by atoms with E-state index < -0.39 is 35.2 Å². The highest BCUT2D eigenvalue weighted by Gasteiger charge is 2.63. The van der Waals surface area contributed by atoms with Gasteiger partial charge in [0.25, 0.3) is 5.60 Å². The number of methoxy groups -OCH3 is 3. The van der Waals surface area contributed by atoms with Crippen LogP contribution in [0.1, 0.15) is 16.7 Å². The predicted octanol–water partition coefficient (Wildman–Crippen LogP) is 5.02. The molecule has 4 rings (SSSR count). The standard InChI is InChI=1S/C10H9F3O3.C10H8O4.C10H12O4/c1-16-9(8(14)15,10(11,12)13)7-5-3-2-4-6-7;11-10(12)4-2-7-1-3-8-9(5-7)14-6-13-8;1-13-8-4-3-7(6-10(11)12)5-9(8)14-2/h2-6H,1H3,(H,14,15);1-5H,6H2,(H,11,12);3-5H,6H2,1-2H3,(H,11,12). The zero-order valence-corrected chi connectivity index (χ0v) is 23.7. The molecule has 1 atom stereocenters. The summed E-state index contributed by atoms with van der Waals surface area (Å²) in [4.78, 5) is 31.6. The Morgan fingerprint density at radius 2 is 1.48 bits per heavy atom. The Morgan fingerprint density at radius 1 is 0.841 bits per heavy atom. The molecule has 3 N–H and O–H groups in total. The number of carbonyl (C=O) groups is 3. The van der Waals surface area contributed by atoms with Gasteiger partial charge in [-0.05, 0) is 41.5 Å². The van der Waals surface area contributed by atoms with E-state index >= 15 is 0 Å². The van der Waals surface area contributed by atoms with Gasteiger partial charge in [0.2, 0.25) is 6.79 Å². The molecule has 3 aromatic carbocycles. The van der Waals surface area contributed by atoms with Crippen molar-refractivity contribution in [2.45, 2.75) is 18.2 Å². The Kier molecular flexibility index (Phi) is 12.6. The number of hydrogen-bond donors (Lipinski definition) is 3. The van der Waals surface area contributed by atoms with Crippen molar-refractivity contribution in [2.75, 3.05) is 28.1 Å². The zero-order chi connectivity index (χ0) is 32.9. The molecular formula is C30H29F3O11. The van der Waals surface area contributed by atoms with Crippen LogP contribution < -0.4 is 18.9 Å². The van der Waals surface area contributed by atoms with Crippen LogP contribution in [0.15, 0.2) is 72.8 Å². The van der Waals surface area contributed by atoms with E-state index in [2.05, 4.69) is 4.74 Å². The molecule has 1 aliphatic heterocycles. The number of aliphatic carboxylic acids is 3. The number of carboxylic acids is 3. The fourth-order valence-electron chi connectivity index (χ4n) is 3.75. The topological polar surface area (TPSA) is 158 Å². The SMILES string of the molecule is COC(C(=O)O)(c1ccccc1)C(F)(F)F.COc1ccc(CC(=O)O)cc1OC.O=C(O)C=Cc1ccc2c(c1)OCO2. The molecule has 0 saturated carbocycles. The lowest BCUT2D eigenvalue weighted by Gasteiger charge is -2.30. The van der Waals surface area contributed by atoms with Crippen molar-refractivity contribution < 1.29 is 66.6 Å². The van der Waals surface area contributed by atoms with Crippen molar-refractivity contribution in [3.8, 4) is 23.0 Å². The Balaban J connectivity index is 0.000000231. The van der Waals surface area contributed by atoms with Gasteiger partial charge in [0, 0.05) is 18.7 Å². The fraction of sp³-hybridized carbons (Fsp3) is 0.233. The van der Waals surface area contributed by atoms with Gasteiger partial charge < -0.3 is 39.0 Å². The largest absolute Gasteiger partial charge is 0.493 e. The molecular weight excluding hydrogens is 593 g/mol. The Labute approximate surface area is 249 Å². The number of benzene rings is 3.